The zero-order valence-electron chi connectivity index (χ0n) is 18.0. The van der Waals surface area contributed by atoms with Gasteiger partial charge in [0.15, 0.2) is 0 Å². The lowest BCUT2D eigenvalue weighted by molar-refractivity contribution is -0.132. The van der Waals surface area contributed by atoms with Crippen LogP contribution in [0.3, 0.4) is 0 Å². The van der Waals surface area contributed by atoms with E-state index < -0.39 is 10.0 Å². The fraction of sp³-hybridized carbons (Fsp3) is 0.391. The number of aryl methyl sites for hydroxylation is 2. The van der Waals surface area contributed by atoms with Crippen molar-refractivity contribution in [2.75, 3.05) is 33.2 Å². The summed E-state index contributed by atoms with van der Waals surface area (Å²) >= 11 is 0. The molecule has 0 radical (unpaired) electrons. The van der Waals surface area contributed by atoms with Crippen LogP contribution in [0.1, 0.15) is 34.3 Å². The van der Waals surface area contributed by atoms with Crippen LogP contribution in [0.4, 0.5) is 0 Å². The third-order valence-corrected chi connectivity index (χ3v) is 7.05. The van der Waals surface area contributed by atoms with E-state index in [2.05, 4.69) is 16.9 Å². The van der Waals surface area contributed by atoms with Gasteiger partial charge < -0.3 is 9.80 Å². The second kappa shape index (κ2) is 10.1. The summed E-state index contributed by atoms with van der Waals surface area (Å²) in [4.78, 5) is 29.1. The Hall–Kier alpha value is -2.71. The number of hydrogen-bond donors (Lipinski definition) is 1. The molecule has 166 valence electrons. The first-order chi connectivity index (χ1) is 14.8. The molecule has 0 atom stereocenters. The molecule has 1 aliphatic heterocycles. The van der Waals surface area contributed by atoms with Crippen LogP contribution in [0, 0.1) is 6.92 Å². The minimum absolute atomic E-state index is 0.0659. The van der Waals surface area contributed by atoms with Crippen LogP contribution in [0.15, 0.2) is 53.4 Å². The predicted molar refractivity (Wildman–Crippen MR) is 119 cm³/mol. The number of hydrogen-bond acceptors (Lipinski definition) is 4. The number of sulfonamides is 1. The summed E-state index contributed by atoms with van der Waals surface area (Å²) < 4.78 is 26.4. The maximum Gasteiger partial charge on any atom is 0.254 e. The highest BCUT2D eigenvalue weighted by atomic mass is 32.2. The lowest BCUT2D eigenvalue weighted by Crippen LogP contribution is -2.50. The normalized spacial score (nSPS) is 14.5. The number of carbonyl (C=O) groups is 2. The quantitative estimate of drug-likeness (QED) is 0.711. The first kappa shape index (κ1) is 23.0. The fourth-order valence-electron chi connectivity index (χ4n) is 3.69. The zero-order chi connectivity index (χ0) is 22.4. The van der Waals surface area contributed by atoms with Crippen molar-refractivity contribution >= 4 is 21.8 Å². The molecule has 0 unspecified atom stereocenters. The summed E-state index contributed by atoms with van der Waals surface area (Å²) in [6.45, 7) is 3.64. The van der Waals surface area contributed by atoms with Gasteiger partial charge in [0.1, 0.15) is 0 Å². The van der Waals surface area contributed by atoms with E-state index in [1.165, 1.54) is 24.7 Å². The number of nitrogens with one attached hydrogen (secondary N) is 1. The number of carbonyl (C=O) groups excluding carboxylic acids is 2. The van der Waals surface area contributed by atoms with Crippen LogP contribution in [0.5, 0.6) is 0 Å². The third-order valence-electron chi connectivity index (χ3n) is 5.64. The summed E-state index contributed by atoms with van der Waals surface area (Å²) in [5, 5.41) is 0. The molecular formula is C23H29N3O4S. The highest BCUT2D eigenvalue weighted by Gasteiger charge is 2.26. The van der Waals surface area contributed by atoms with Crippen LogP contribution >= 0.6 is 0 Å². The Morgan fingerprint density at radius 1 is 0.968 bits per heavy atom. The first-order valence-corrected chi connectivity index (χ1v) is 12.0. The largest absolute Gasteiger partial charge is 0.339 e. The Morgan fingerprint density at radius 3 is 2.26 bits per heavy atom. The summed E-state index contributed by atoms with van der Waals surface area (Å²) in [5.41, 5.74) is 2.32. The van der Waals surface area contributed by atoms with Gasteiger partial charge in [0.25, 0.3) is 5.91 Å². The van der Waals surface area contributed by atoms with Gasteiger partial charge in [0, 0.05) is 38.2 Å². The average Bonchev–Trinajstić information content (AvgIpc) is 2.79. The number of amides is 2. The molecule has 1 N–H and O–H groups in total. The van der Waals surface area contributed by atoms with E-state index in [0.717, 1.165) is 18.4 Å². The van der Waals surface area contributed by atoms with Gasteiger partial charge in [-0.25, -0.2) is 13.1 Å². The summed E-state index contributed by atoms with van der Waals surface area (Å²) in [7, 11) is -2.28. The molecule has 1 fully saturated rings. The van der Waals surface area contributed by atoms with Crippen LogP contribution in [0.25, 0.3) is 0 Å². The third kappa shape index (κ3) is 5.71. The molecule has 31 heavy (non-hydrogen) atoms. The van der Waals surface area contributed by atoms with Crippen molar-refractivity contribution in [3.05, 3.63) is 65.2 Å². The van der Waals surface area contributed by atoms with Crippen molar-refractivity contribution in [2.45, 2.75) is 31.1 Å². The van der Waals surface area contributed by atoms with Crippen molar-refractivity contribution in [3.63, 3.8) is 0 Å². The van der Waals surface area contributed by atoms with E-state index in [4.69, 9.17) is 0 Å². The highest BCUT2D eigenvalue weighted by Crippen LogP contribution is 2.19. The fourth-order valence-corrected chi connectivity index (χ4v) is 4.45. The van der Waals surface area contributed by atoms with Crippen LogP contribution in [-0.2, 0) is 21.2 Å². The Kier molecular flexibility index (Phi) is 7.46. The van der Waals surface area contributed by atoms with Crippen LogP contribution in [0.2, 0.25) is 0 Å². The lowest BCUT2D eigenvalue weighted by atomic mass is 10.1. The topological polar surface area (TPSA) is 86.8 Å². The van der Waals surface area contributed by atoms with Gasteiger partial charge in [-0.2, -0.15) is 0 Å². The number of benzene rings is 2. The second-order valence-electron chi connectivity index (χ2n) is 7.70. The molecule has 2 aromatic rings. The van der Waals surface area contributed by atoms with Crippen LogP contribution in [-0.4, -0.2) is 63.3 Å². The van der Waals surface area contributed by atoms with Crippen molar-refractivity contribution in [2.24, 2.45) is 0 Å². The Labute approximate surface area is 184 Å². The molecule has 1 heterocycles. The molecule has 7 nitrogen and oxygen atoms in total. The molecule has 1 aliphatic rings. The van der Waals surface area contributed by atoms with E-state index in [1.807, 2.05) is 23.1 Å². The molecule has 0 aromatic heterocycles. The van der Waals surface area contributed by atoms with Gasteiger partial charge in [-0.05, 0) is 50.1 Å². The summed E-state index contributed by atoms with van der Waals surface area (Å²) in [6.07, 6.45) is 2.16. The molecular weight excluding hydrogens is 414 g/mol. The molecule has 8 heteroatoms. The summed E-state index contributed by atoms with van der Waals surface area (Å²) in [5.74, 6) is -0.0943. The van der Waals surface area contributed by atoms with Gasteiger partial charge in [-0.15, -0.1) is 0 Å². The second-order valence-corrected chi connectivity index (χ2v) is 9.58. The van der Waals surface area contributed by atoms with E-state index >= 15 is 0 Å². The molecule has 2 aromatic carbocycles. The predicted octanol–water partition coefficient (Wildman–Crippen LogP) is 2.21. The van der Waals surface area contributed by atoms with E-state index in [-0.39, 0.29) is 16.7 Å². The average molecular weight is 444 g/mol. The monoisotopic (exact) mass is 443 g/mol. The standard InChI is InChI=1S/C23H29N3O4S/c1-18-11-12-20(31(29,30)24-2)17-21(18)23(28)26-15-13-25(14-16-26)22(27)10-6-9-19-7-4-3-5-8-19/h3-5,7-8,11-12,17,24H,6,9-10,13-16H2,1-2H3. The zero-order valence-corrected chi connectivity index (χ0v) is 18.8. The number of nitrogens with zero attached hydrogens (tertiary/aromatic N) is 2. The van der Waals surface area contributed by atoms with E-state index in [1.54, 1.807) is 17.9 Å². The Balaban J connectivity index is 1.55. The lowest BCUT2D eigenvalue weighted by Gasteiger charge is -2.35. The highest BCUT2D eigenvalue weighted by molar-refractivity contribution is 7.89. The van der Waals surface area contributed by atoms with Gasteiger partial charge in [-0.1, -0.05) is 36.4 Å². The van der Waals surface area contributed by atoms with Crippen molar-refractivity contribution in [3.8, 4) is 0 Å². The van der Waals surface area contributed by atoms with E-state index in [9.17, 15) is 18.0 Å². The van der Waals surface area contributed by atoms with Gasteiger partial charge in [-0.3, -0.25) is 9.59 Å². The Morgan fingerprint density at radius 2 is 1.61 bits per heavy atom. The smallest absolute Gasteiger partial charge is 0.254 e. The van der Waals surface area contributed by atoms with Crippen molar-refractivity contribution in [1.29, 1.82) is 0 Å². The minimum atomic E-state index is -3.62. The number of piperazine rings is 1. The van der Waals surface area contributed by atoms with Crippen molar-refractivity contribution < 1.29 is 18.0 Å². The molecule has 2 amide bonds. The first-order valence-electron chi connectivity index (χ1n) is 10.5. The minimum Gasteiger partial charge on any atom is -0.339 e. The van der Waals surface area contributed by atoms with Crippen LogP contribution < -0.4 is 4.72 Å². The van der Waals surface area contributed by atoms with Gasteiger partial charge in [0.2, 0.25) is 15.9 Å². The SMILES string of the molecule is CNS(=O)(=O)c1ccc(C)c(C(=O)N2CCN(C(=O)CCCc3ccccc3)CC2)c1. The molecule has 0 spiro atoms. The Bertz CT molecular complexity index is 1030. The molecule has 0 aliphatic carbocycles. The summed E-state index contributed by atoms with van der Waals surface area (Å²) in [6, 6.07) is 14.7. The van der Waals surface area contributed by atoms with Gasteiger partial charge >= 0.3 is 0 Å². The molecule has 0 bridgehead atoms. The number of rotatable bonds is 7. The van der Waals surface area contributed by atoms with E-state index in [0.29, 0.717) is 38.2 Å². The van der Waals surface area contributed by atoms with Gasteiger partial charge in [0.05, 0.1) is 4.90 Å². The molecule has 3 rings (SSSR count). The van der Waals surface area contributed by atoms with Crippen molar-refractivity contribution in [1.82, 2.24) is 14.5 Å². The maximum atomic E-state index is 13.0. The maximum absolute atomic E-state index is 13.0. The molecule has 1 saturated heterocycles. The molecule has 0 saturated carbocycles.